The molecule has 11 heteroatoms. The maximum absolute atomic E-state index is 14.4. The molecule has 1 aliphatic rings. The van der Waals surface area contributed by atoms with Crippen molar-refractivity contribution < 1.29 is 22.7 Å². The summed E-state index contributed by atoms with van der Waals surface area (Å²) in [6, 6.07) is 5.63. The summed E-state index contributed by atoms with van der Waals surface area (Å²) in [7, 11) is -1.15. The molecule has 158 valence electrons. The summed E-state index contributed by atoms with van der Waals surface area (Å²) in [4.78, 5) is 12.3. The van der Waals surface area contributed by atoms with Gasteiger partial charge in [0, 0.05) is 23.3 Å². The number of anilines is 3. The largest absolute Gasteiger partial charge is 0.494 e. The zero-order valence-electron chi connectivity index (χ0n) is 15.8. The van der Waals surface area contributed by atoms with Crippen LogP contribution in [-0.4, -0.2) is 36.6 Å². The van der Waals surface area contributed by atoms with Crippen molar-refractivity contribution in [2.45, 2.75) is 24.0 Å². The molecule has 0 spiro atoms. The van der Waals surface area contributed by atoms with E-state index in [-0.39, 0.29) is 36.0 Å². The number of hydrogen-bond acceptors (Lipinski definition) is 6. The number of hydrogen-bond donors (Lipinski definition) is 3. The summed E-state index contributed by atoms with van der Waals surface area (Å²) in [5.74, 6) is -0.511. The summed E-state index contributed by atoms with van der Waals surface area (Å²) in [6.07, 6.45) is 0.946. The average Bonchev–Trinajstić information content (AvgIpc) is 3.44. The fraction of sp³-hybridized carbons (Fsp3) is 0.389. The standard InChI is InChI=1S/C18H21FIN3O5S/c1-23-15(25)10-14(28-2)16(22-29(26,27)18(5-6-18)7-8-24)17(23)21-13-4-3-11(20)9-12(13)19/h3-4,9-10,21-22,24H,5-8H2,1-2H3. The molecule has 1 fully saturated rings. The fourth-order valence-electron chi connectivity index (χ4n) is 3.04. The molecule has 1 heterocycles. The van der Waals surface area contributed by atoms with E-state index >= 15 is 0 Å². The van der Waals surface area contributed by atoms with Crippen molar-refractivity contribution in [2.24, 2.45) is 7.05 Å². The van der Waals surface area contributed by atoms with Gasteiger partial charge in [0.05, 0.1) is 17.5 Å². The number of aliphatic hydroxyl groups excluding tert-OH is 1. The molecule has 29 heavy (non-hydrogen) atoms. The van der Waals surface area contributed by atoms with E-state index in [1.807, 2.05) is 22.6 Å². The van der Waals surface area contributed by atoms with Gasteiger partial charge in [0.2, 0.25) is 10.0 Å². The van der Waals surface area contributed by atoms with Crippen LogP contribution in [0.3, 0.4) is 0 Å². The number of aromatic nitrogens is 1. The highest BCUT2D eigenvalue weighted by Gasteiger charge is 2.54. The van der Waals surface area contributed by atoms with Gasteiger partial charge in [-0.3, -0.25) is 14.1 Å². The number of pyridine rings is 1. The normalized spacial score (nSPS) is 15.1. The first-order chi connectivity index (χ1) is 13.6. The first-order valence-corrected chi connectivity index (χ1v) is 11.3. The topological polar surface area (TPSA) is 110 Å². The number of aliphatic hydroxyl groups is 1. The molecule has 0 atom stereocenters. The second kappa shape index (κ2) is 8.11. The van der Waals surface area contributed by atoms with Crippen molar-refractivity contribution >= 4 is 49.8 Å². The third-order valence-electron chi connectivity index (χ3n) is 4.99. The van der Waals surface area contributed by atoms with Gasteiger partial charge in [-0.1, -0.05) is 0 Å². The first-order valence-electron chi connectivity index (χ1n) is 8.77. The van der Waals surface area contributed by atoms with Crippen LogP contribution in [0.1, 0.15) is 19.3 Å². The fourth-order valence-corrected chi connectivity index (χ4v) is 5.17. The maximum atomic E-state index is 14.4. The lowest BCUT2D eigenvalue weighted by molar-refractivity contribution is 0.283. The monoisotopic (exact) mass is 537 g/mol. The van der Waals surface area contributed by atoms with Crippen LogP contribution in [0.2, 0.25) is 0 Å². The Morgan fingerprint density at radius 3 is 2.59 bits per heavy atom. The third kappa shape index (κ3) is 4.21. The number of nitrogens with one attached hydrogen (secondary N) is 2. The Labute approximate surface area is 181 Å². The molecule has 1 aromatic heterocycles. The zero-order chi connectivity index (χ0) is 21.4. The number of halogens is 2. The lowest BCUT2D eigenvalue weighted by Gasteiger charge is -2.22. The second-order valence-corrected chi connectivity index (χ2v) is 10.2. The first kappa shape index (κ1) is 21.8. The predicted molar refractivity (Wildman–Crippen MR) is 117 cm³/mol. The summed E-state index contributed by atoms with van der Waals surface area (Å²) in [6.45, 7) is -0.260. The molecule has 8 nitrogen and oxygen atoms in total. The smallest absolute Gasteiger partial charge is 0.255 e. The van der Waals surface area contributed by atoms with Crippen LogP contribution >= 0.6 is 22.6 Å². The van der Waals surface area contributed by atoms with Crippen LogP contribution in [0.4, 0.5) is 21.6 Å². The lowest BCUT2D eigenvalue weighted by Crippen LogP contribution is -2.32. The molecule has 1 aliphatic carbocycles. The van der Waals surface area contributed by atoms with E-state index in [1.54, 1.807) is 6.07 Å². The number of ether oxygens (including phenoxy) is 1. The summed E-state index contributed by atoms with van der Waals surface area (Å²) < 4.78 is 48.9. The molecule has 3 rings (SSSR count). The van der Waals surface area contributed by atoms with Crippen LogP contribution in [0.5, 0.6) is 5.75 Å². The van der Waals surface area contributed by atoms with Gasteiger partial charge >= 0.3 is 0 Å². The Hall–Kier alpha value is -1.86. The van der Waals surface area contributed by atoms with Crippen molar-refractivity contribution in [3.8, 4) is 5.75 Å². The van der Waals surface area contributed by atoms with E-state index in [2.05, 4.69) is 10.0 Å². The molecule has 1 saturated carbocycles. The zero-order valence-corrected chi connectivity index (χ0v) is 18.8. The van der Waals surface area contributed by atoms with Crippen molar-refractivity contribution in [1.82, 2.24) is 4.57 Å². The molecule has 0 bridgehead atoms. The highest BCUT2D eigenvalue weighted by atomic mass is 127. The minimum atomic E-state index is -3.90. The lowest BCUT2D eigenvalue weighted by atomic mass is 10.3. The SMILES string of the molecule is COc1cc(=O)n(C)c(Nc2ccc(I)cc2F)c1NS(=O)(=O)C1(CCO)CC1. The van der Waals surface area contributed by atoms with Crippen LogP contribution < -0.4 is 20.3 Å². The van der Waals surface area contributed by atoms with E-state index in [9.17, 15) is 22.7 Å². The van der Waals surface area contributed by atoms with Crippen LogP contribution in [-0.2, 0) is 17.1 Å². The van der Waals surface area contributed by atoms with Crippen LogP contribution in [0, 0.1) is 9.39 Å². The quantitative estimate of drug-likeness (QED) is 0.447. The van der Waals surface area contributed by atoms with Gasteiger partial charge in [0.1, 0.15) is 17.3 Å². The van der Waals surface area contributed by atoms with E-state index in [0.717, 1.165) is 6.07 Å². The third-order valence-corrected chi connectivity index (χ3v) is 7.89. The predicted octanol–water partition coefficient (Wildman–Crippen LogP) is 2.54. The summed E-state index contributed by atoms with van der Waals surface area (Å²) >= 11 is 1.97. The number of benzene rings is 1. The Morgan fingerprint density at radius 2 is 2.03 bits per heavy atom. The van der Waals surface area contributed by atoms with Gasteiger partial charge < -0.3 is 15.2 Å². The molecule has 0 radical (unpaired) electrons. The van der Waals surface area contributed by atoms with E-state index in [0.29, 0.717) is 16.4 Å². The molecule has 0 amide bonds. The minimum Gasteiger partial charge on any atom is -0.494 e. The Balaban J connectivity index is 2.10. The van der Waals surface area contributed by atoms with Crippen molar-refractivity contribution in [3.63, 3.8) is 0 Å². The van der Waals surface area contributed by atoms with Crippen molar-refractivity contribution in [3.05, 3.63) is 44.0 Å². The average molecular weight is 537 g/mol. The van der Waals surface area contributed by atoms with Crippen molar-refractivity contribution in [2.75, 3.05) is 23.8 Å². The van der Waals surface area contributed by atoms with Gasteiger partial charge in [-0.2, -0.15) is 0 Å². The van der Waals surface area contributed by atoms with Crippen LogP contribution in [0.15, 0.2) is 29.1 Å². The molecule has 0 unspecified atom stereocenters. The van der Waals surface area contributed by atoms with Gasteiger partial charge in [-0.25, -0.2) is 12.8 Å². The molecular weight excluding hydrogens is 516 g/mol. The molecule has 0 aliphatic heterocycles. The van der Waals surface area contributed by atoms with Crippen LogP contribution in [0.25, 0.3) is 0 Å². The Morgan fingerprint density at radius 1 is 1.34 bits per heavy atom. The van der Waals surface area contributed by atoms with Gasteiger partial charge in [-0.05, 0) is 60.1 Å². The second-order valence-electron chi connectivity index (χ2n) is 6.84. The number of methoxy groups -OCH3 is 1. The van der Waals surface area contributed by atoms with E-state index in [1.165, 1.54) is 30.9 Å². The number of nitrogens with zero attached hydrogens (tertiary/aromatic N) is 1. The van der Waals surface area contributed by atoms with Gasteiger partial charge in [0.25, 0.3) is 5.56 Å². The minimum absolute atomic E-state index is 0.00300. The van der Waals surface area contributed by atoms with Gasteiger partial charge in [0.15, 0.2) is 5.75 Å². The van der Waals surface area contributed by atoms with E-state index < -0.39 is 26.1 Å². The van der Waals surface area contributed by atoms with E-state index in [4.69, 9.17) is 4.74 Å². The highest BCUT2D eigenvalue weighted by molar-refractivity contribution is 14.1. The molecule has 3 N–H and O–H groups in total. The molecule has 0 saturated heterocycles. The van der Waals surface area contributed by atoms with Gasteiger partial charge in [-0.15, -0.1) is 0 Å². The summed E-state index contributed by atoms with van der Waals surface area (Å²) in [5, 5.41) is 12.0. The molecule has 1 aromatic carbocycles. The number of sulfonamides is 1. The molecule has 2 aromatic rings. The number of rotatable bonds is 8. The Bertz CT molecular complexity index is 1100. The van der Waals surface area contributed by atoms with Crippen molar-refractivity contribution in [1.29, 1.82) is 0 Å². The molecular formula is C18H21FIN3O5S. The highest BCUT2D eigenvalue weighted by Crippen LogP contribution is 2.48. The summed E-state index contributed by atoms with van der Waals surface area (Å²) in [5.41, 5.74) is -0.392. The maximum Gasteiger partial charge on any atom is 0.255 e. The Kier molecular flexibility index (Phi) is 6.11.